The second kappa shape index (κ2) is 9.73. The summed E-state index contributed by atoms with van der Waals surface area (Å²) in [5, 5.41) is 0. The molecular weight excluding hydrogens is 408 g/mol. The summed E-state index contributed by atoms with van der Waals surface area (Å²) in [6, 6.07) is 0. The van der Waals surface area contributed by atoms with Crippen molar-refractivity contribution in [2.24, 2.45) is 5.41 Å². The molecule has 0 atom stereocenters. The van der Waals surface area contributed by atoms with Crippen LogP contribution in [0, 0.1) is 5.41 Å². The van der Waals surface area contributed by atoms with Gasteiger partial charge in [-0.1, -0.05) is 27.2 Å². The van der Waals surface area contributed by atoms with Crippen LogP contribution in [-0.4, -0.2) is 49.3 Å². The standard InChI is InChI=1S/C16H22F8O4/c1-4-7-8-27-11(25)13(5-2,6-3)12(26)28-9-14(19,20)16(23,24)15(21,22)10(17)18/h10H,4-9H2,1-3H3. The average Bonchev–Trinajstić information content (AvgIpc) is 2.61. The van der Waals surface area contributed by atoms with Gasteiger partial charge in [-0.2, -0.15) is 26.3 Å². The Kier molecular flexibility index (Phi) is 9.16. The van der Waals surface area contributed by atoms with Gasteiger partial charge in [0.15, 0.2) is 12.0 Å². The number of alkyl halides is 8. The monoisotopic (exact) mass is 430 g/mol. The Bertz CT molecular complexity index is 533. The van der Waals surface area contributed by atoms with Crippen molar-refractivity contribution in [2.75, 3.05) is 13.2 Å². The lowest BCUT2D eigenvalue weighted by molar-refractivity contribution is -0.344. The zero-order chi connectivity index (χ0) is 22.4. The van der Waals surface area contributed by atoms with Crippen molar-refractivity contribution in [1.29, 1.82) is 0 Å². The molecule has 0 heterocycles. The van der Waals surface area contributed by atoms with E-state index >= 15 is 0 Å². The van der Waals surface area contributed by atoms with Gasteiger partial charge >= 0.3 is 36.1 Å². The number of hydrogen-bond acceptors (Lipinski definition) is 4. The molecular formula is C16H22F8O4. The van der Waals surface area contributed by atoms with E-state index < -0.39 is 48.2 Å². The lowest BCUT2D eigenvalue weighted by Gasteiger charge is -2.33. The van der Waals surface area contributed by atoms with Crippen LogP contribution in [0.15, 0.2) is 0 Å². The molecule has 0 saturated heterocycles. The van der Waals surface area contributed by atoms with Crippen LogP contribution in [-0.2, 0) is 19.1 Å². The molecule has 0 N–H and O–H groups in total. The maximum Gasteiger partial charge on any atom is 0.381 e. The Hall–Kier alpha value is -1.62. The molecule has 0 unspecified atom stereocenters. The number of rotatable bonds is 12. The van der Waals surface area contributed by atoms with Gasteiger partial charge in [-0.3, -0.25) is 9.59 Å². The van der Waals surface area contributed by atoms with Crippen molar-refractivity contribution in [3.8, 4) is 0 Å². The van der Waals surface area contributed by atoms with Crippen LogP contribution in [0.25, 0.3) is 0 Å². The smallest absolute Gasteiger partial charge is 0.381 e. The van der Waals surface area contributed by atoms with Crippen LogP contribution < -0.4 is 0 Å². The molecule has 166 valence electrons. The molecule has 0 aromatic heterocycles. The first-order chi connectivity index (χ1) is 12.7. The fraction of sp³-hybridized carbons (Fsp3) is 0.875. The Morgan fingerprint density at radius 2 is 1.32 bits per heavy atom. The lowest BCUT2D eigenvalue weighted by Crippen LogP contribution is -2.59. The summed E-state index contributed by atoms with van der Waals surface area (Å²) in [5.74, 6) is -21.5. The van der Waals surface area contributed by atoms with Crippen LogP contribution in [0.3, 0.4) is 0 Å². The van der Waals surface area contributed by atoms with E-state index in [1.807, 2.05) is 0 Å². The van der Waals surface area contributed by atoms with Crippen LogP contribution >= 0.6 is 0 Å². The highest BCUT2D eigenvalue weighted by molar-refractivity contribution is 6.00. The fourth-order valence-corrected chi connectivity index (χ4v) is 2.12. The van der Waals surface area contributed by atoms with Crippen molar-refractivity contribution in [2.45, 2.75) is 70.6 Å². The molecule has 4 nitrogen and oxygen atoms in total. The highest BCUT2D eigenvalue weighted by Crippen LogP contribution is 2.48. The lowest BCUT2D eigenvalue weighted by atomic mass is 9.82. The zero-order valence-electron chi connectivity index (χ0n) is 15.5. The van der Waals surface area contributed by atoms with E-state index in [0.29, 0.717) is 12.8 Å². The van der Waals surface area contributed by atoms with E-state index in [-0.39, 0.29) is 19.4 Å². The third-order valence-electron chi connectivity index (χ3n) is 4.26. The molecule has 28 heavy (non-hydrogen) atoms. The van der Waals surface area contributed by atoms with E-state index in [0.717, 1.165) is 0 Å². The minimum Gasteiger partial charge on any atom is -0.465 e. The Morgan fingerprint density at radius 1 is 0.857 bits per heavy atom. The van der Waals surface area contributed by atoms with Gasteiger partial charge < -0.3 is 9.47 Å². The quantitative estimate of drug-likeness (QED) is 0.192. The first kappa shape index (κ1) is 26.4. The van der Waals surface area contributed by atoms with Gasteiger partial charge in [0, 0.05) is 0 Å². The highest BCUT2D eigenvalue weighted by Gasteiger charge is 2.75. The van der Waals surface area contributed by atoms with E-state index in [9.17, 15) is 44.7 Å². The molecule has 12 heteroatoms. The molecule has 0 aliphatic heterocycles. The molecule has 0 amide bonds. The molecule has 0 aliphatic rings. The summed E-state index contributed by atoms with van der Waals surface area (Å²) in [6.45, 7) is 1.64. The van der Waals surface area contributed by atoms with Crippen LogP contribution in [0.5, 0.6) is 0 Å². The summed E-state index contributed by atoms with van der Waals surface area (Å²) in [4.78, 5) is 24.3. The van der Waals surface area contributed by atoms with Gasteiger partial charge in [-0.15, -0.1) is 0 Å². The fourth-order valence-electron chi connectivity index (χ4n) is 2.12. The van der Waals surface area contributed by atoms with Gasteiger partial charge in [0.25, 0.3) is 0 Å². The number of hydrogen-bond donors (Lipinski definition) is 0. The summed E-state index contributed by atoms with van der Waals surface area (Å²) >= 11 is 0. The predicted octanol–water partition coefficient (Wildman–Crippen LogP) is 4.85. The van der Waals surface area contributed by atoms with Crippen LogP contribution in [0.1, 0.15) is 46.5 Å². The van der Waals surface area contributed by atoms with Crippen molar-refractivity contribution >= 4 is 11.9 Å². The number of ether oxygens (including phenoxy) is 2. The van der Waals surface area contributed by atoms with Gasteiger partial charge in [0.2, 0.25) is 0 Å². The van der Waals surface area contributed by atoms with Crippen LogP contribution in [0.4, 0.5) is 35.1 Å². The maximum atomic E-state index is 13.5. The first-order valence-electron chi connectivity index (χ1n) is 8.43. The second-order valence-electron chi connectivity index (χ2n) is 6.06. The number of carbonyl (C=O) groups is 2. The van der Waals surface area contributed by atoms with Gasteiger partial charge in [-0.25, -0.2) is 8.78 Å². The van der Waals surface area contributed by atoms with Crippen molar-refractivity contribution < 1.29 is 54.2 Å². The number of halogens is 8. The molecule has 0 fully saturated rings. The first-order valence-corrected chi connectivity index (χ1v) is 8.43. The van der Waals surface area contributed by atoms with E-state index in [2.05, 4.69) is 4.74 Å². The van der Waals surface area contributed by atoms with Crippen molar-refractivity contribution in [3.05, 3.63) is 0 Å². The Morgan fingerprint density at radius 3 is 1.71 bits per heavy atom. The van der Waals surface area contributed by atoms with E-state index in [1.165, 1.54) is 13.8 Å². The Labute approximate surface area is 156 Å². The summed E-state index contributed by atoms with van der Waals surface area (Å²) in [7, 11) is 0. The Balaban J connectivity index is 5.42. The second-order valence-corrected chi connectivity index (χ2v) is 6.06. The molecule has 0 rings (SSSR count). The third kappa shape index (κ3) is 5.05. The number of esters is 2. The van der Waals surface area contributed by atoms with Crippen molar-refractivity contribution in [3.63, 3.8) is 0 Å². The molecule has 0 radical (unpaired) electrons. The van der Waals surface area contributed by atoms with E-state index in [1.54, 1.807) is 6.92 Å². The minimum atomic E-state index is -6.50. The zero-order valence-corrected chi connectivity index (χ0v) is 15.5. The maximum absolute atomic E-state index is 13.5. The summed E-state index contributed by atoms with van der Waals surface area (Å²) in [6.07, 6.45) is -4.66. The van der Waals surface area contributed by atoms with Gasteiger partial charge in [0.1, 0.15) is 0 Å². The molecule has 0 aliphatic carbocycles. The highest BCUT2D eigenvalue weighted by atomic mass is 19.4. The SMILES string of the molecule is CCCCOC(=O)C(CC)(CC)C(=O)OCC(F)(F)C(F)(F)C(F)(F)C(F)F. The van der Waals surface area contributed by atoms with E-state index in [4.69, 9.17) is 4.74 Å². The largest absolute Gasteiger partial charge is 0.465 e. The van der Waals surface area contributed by atoms with Crippen molar-refractivity contribution in [1.82, 2.24) is 0 Å². The normalized spacial score (nSPS) is 13.6. The molecule has 0 bridgehead atoms. The molecule has 0 spiro atoms. The molecule has 0 saturated carbocycles. The average molecular weight is 430 g/mol. The number of carbonyl (C=O) groups excluding carboxylic acids is 2. The van der Waals surface area contributed by atoms with Gasteiger partial charge in [-0.05, 0) is 19.3 Å². The predicted molar refractivity (Wildman–Crippen MR) is 80.7 cm³/mol. The topological polar surface area (TPSA) is 52.6 Å². The molecule has 0 aromatic carbocycles. The minimum absolute atomic E-state index is 0.0980. The van der Waals surface area contributed by atoms with Gasteiger partial charge in [0.05, 0.1) is 6.61 Å². The summed E-state index contributed by atoms with van der Waals surface area (Å²) in [5.41, 5.74) is -2.12. The number of unbranched alkanes of at least 4 members (excludes halogenated alkanes) is 1. The summed E-state index contributed by atoms with van der Waals surface area (Å²) < 4.78 is 112. The molecule has 0 aromatic rings. The van der Waals surface area contributed by atoms with Crippen LogP contribution in [0.2, 0.25) is 0 Å². The third-order valence-corrected chi connectivity index (χ3v) is 4.26.